The Morgan fingerprint density at radius 3 is 2.78 bits per heavy atom. The fourth-order valence-electron chi connectivity index (χ4n) is 1.40. The summed E-state index contributed by atoms with van der Waals surface area (Å²) in [6, 6.07) is 3.78. The molecule has 2 aromatic heterocycles. The van der Waals surface area contributed by atoms with Gasteiger partial charge in [0.05, 0.1) is 0 Å². The average Bonchev–Trinajstić information content (AvgIpc) is 2.77. The molecule has 0 spiro atoms. The van der Waals surface area contributed by atoms with Gasteiger partial charge in [-0.1, -0.05) is 0 Å². The SMILES string of the molecule is CC(C)(C)NC(=O)c1csc(-c2cccnc2)n1. The van der Waals surface area contributed by atoms with Crippen molar-refractivity contribution in [2.75, 3.05) is 0 Å². The van der Waals surface area contributed by atoms with E-state index in [1.54, 1.807) is 17.8 Å². The number of nitrogens with zero attached hydrogens (tertiary/aromatic N) is 2. The first-order valence-corrected chi connectivity index (χ1v) is 6.52. The minimum Gasteiger partial charge on any atom is -0.346 e. The van der Waals surface area contributed by atoms with E-state index in [4.69, 9.17) is 0 Å². The van der Waals surface area contributed by atoms with Gasteiger partial charge >= 0.3 is 0 Å². The molecule has 0 unspecified atom stereocenters. The zero-order valence-electron chi connectivity index (χ0n) is 10.6. The van der Waals surface area contributed by atoms with Crippen LogP contribution in [-0.4, -0.2) is 21.4 Å². The summed E-state index contributed by atoms with van der Waals surface area (Å²) in [5, 5.41) is 5.46. The van der Waals surface area contributed by atoms with Crippen LogP contribution in [0.5, 0.6) is 0 Å². The number of thiazole rings is 1. The van der Waals surface area contributed by atoms with Crippen molar-refractivity contribution in [1.29, 1.82) is 0 Å². The van der Waals surface area contributed by atoms with Crippen LogP contribution in [0.15, 0.2) is 29.9 Å². The van der Waals surface area contributed by atoms with Gasteiger partial charge in [0.25, 0.3) is 5.91 Å². The summed E-state index contributed by atoms with van der Waals surface area (Å²) < 4.78 is 0. The van der Waals surface area contributed by atoms with E-state index >= 15 is 0 Å². The molecule has 5 heteroatoms. The molecule has 1 N–H and O–H groups in total. The van der Waals surface area contributed by atoms with Gasteiger partial charge in [-0.2, -0.15) is 0 Å². The van der Waals surface area contributed by atoms with Crippen LogP contribution >= 0.6 is 11.3 Å². The molecule has 2 heterocycles. The molecular weight excluding hydrogens is 246 g/mol. The Balaban J connectivity index is 2.19. The van der Waals surface area contributed by atoms with Crippen LogP contribution in [0, 0.1) is 0 Å². The third kappa shape index (κ3) is 3.13. The molecule has 4 nitrogen and oxygen atoms in total. The number of aromatic nitrogens is 2. The van der Waals surface area contributed by atoms with Gasteiger partial charge in [-0.3, -0.25) is 9.78 Å². The van der Waals surface area contributed by atoms with Crippen LogP contribution in [0.25, 0.3) is 10.6 Å². The lowest BCUT2D eigenvalue weighted by atomic mass is 10.1. The van der Waals surface area contributed by atoms with E-state index < -0.39 is 0 Å². The van der Waals surface area contributed by atoms with Crippen molar-refractivity contribution in [2.45, 2.75) is 26.3 Å². The highest BCUT2D eigenvalue weighted by Gasteiger charge is 2.17. The van der Waals surface area contributed by atoms with Crippen molar-refractivity contribution in [1.82, 2.24) is 15.3 Å². The lowest BCUT2D eigenvalue weighted by molar-refractivity contribution is 0.0915. The number of hydrogen-bond donors (Lipinski definition) is 1. The molecule has 0 aliphatic carbocycles. The molecule has 0 fully saturated rings. The number of hydrogen-bond acceptors (Lipinski definition) is 4. The predicted molar refractivity (Wildman–Crippen MR) is 72.6 cm³/mol. The highest BCUT2D eigenvalue weighted by Crippen LogP contribution is 2.22. The summed E-state index contributed by atoms with van der Waals surface area (Å²) in [4.78, 5) is 20.3. The summed E-state index contributed by atoms with van der Waals surface area (Å²) in [7, 11) is 0. The Hall–Kier alpha value is -1.75. The number of rotatable bonds is 2. The van der Waals surface area contributed by atoms with Crippen LogP contribution in [0.1, 0.15) is 31.3 Å². The number of pyridine rings is 1. The van der Waals surface area contributed by atoms with Crippen LogP contribution in [0.3, 0.4) is 0 Å². The van der Waals surface area contributed by atoms with Gasteiger partial charge in [0.1, 0.15) is 10.7 Å². The van der Waals surface area contributed by atoms with Crippen LogP contribution in [0.2, 0.25) is 0 Å². The summed E-state index contributed by atoms with van der Waals surface area (Å²) in [6.07, 6.45) is 3.45. The van der Waals surface area contributed by atoms with Crippen LogP contribution < -0.4 is 5.32 Å². The van der Waals surface area contributed by atoms with E-state index in [9.17, 15) is 4.79 Å². The number of amides is 1. The minimum absolute atomic E-state index is 0.145. The Morgan fingerprint density at radius 1 is 1.39 bits per heavy atom. The molecule has 94 valence electrons. The van der Waals surface area contributed by atoms with Gasteiger partial charge in [0.2, 0.25) is 0 Å². The molecule has 0 saturated heterocycles. The first-order chi connectivity index (χ1) is 8.46. The molecule has 2 rings (SSSR count). The average molecular weight is 261 g/mol. The van der Waals surface area contributed by atoms with E-state index in [-0.39, 0.29) is 11.4 Å². The van der Waals surface area contributed by atoms with Gasteiger partial charge in [0, 0.05) is 28.9 Å². The molecule has 0 bridgehead atoms. The Morgan fingerprint density at radius 2 is 2.17 bits per heavy atom. The van der Waals surface area contributed by atoms with Crippen LogP contribution in [0.4, 0.5) is 0 Å². The van der Waals surface area contributed by atoms with E-state index in [0.29, 0.717) is 5.69 Å². The zero-order chi connectivity index (χ0) is 13.2. The molecule has 0 atom stereocenters. The standard InChI is InChI=1S/C13H15N3OS/c1-13(2,3)16-11(17)10-8-18-12(15-10)9-5-4-6-14-7-9/h4-8H,1-3H3,(H,16,17). The van der Waals surface area contributed by atoms with Gasteiger partial charge in [0.15, 0.2) is 0 Å². The fourth-order valence-corrected chi connectivity index (χ4v) is 2.20. The molecule has 18 heavy (non-hydrogen) atoms. The topological polar surface area (TPSA) is 54.9 Å². The predicted octanol–water partition coefficient (Wildman–Crippen LogP) is 2.73. The van der Waals surface area contributed by atoms with Gasteiger partial charge < -0.3 is 5.32 Å². The third-order valence-corrected chi connectivity index (χ3v) is 3.03. The highest BCUT2D eigenvalue weighted by atomic mass is 32.1. The van der Waals surface area contributed by atoms with E-state index in [1.165, 1.54) is 11.3 Å². The maximum absolute atomic E-state index is 11.9. The van der Waals surface area contributed by atoms with Crippen molar-refractivity contribution in [3.63, 3.8) is 0 Å². The van der Waals surface area contributed by atoms with Crippen molar-refractivity contribution in [3.8, 4) is 10.6 Å². The fraction of sp³-hybridized carbons (Fsp3) is 0.308. The molecule has 0 aliphatic heterocycles. The second-order valence-electron chi connectivity index (χ2n) is 4.98. The lowest BCUT2D eigenvalue weighted by Crippen LogP contribution is -2.40. The molecule has 1 amide bonds. The lowest BCUT2D eigenvalue weighted by Gasteiger charge is -2.19. The first-order valence-electron chi connectivity index (χ1n) is 5.64. The van der Waals surface area contributed by atoms with E-state index in [2.05, 4.69) is 15.3 Å². The van der Waals surface area contributed by atoms with Gasteiger partial charge in [-0.15, -0.1) is 11.3 Å². The first kappa shape index (κ1) is 12.7. The zero-order valence-corrected chi connectivity index (χ0v) is 11.4. The largest absolute Gasteiger partial charge is 0.346 e. The summed E-state index contributed by atoms with van der Waals surface area (Å²) in [5.74, 6) is -0.145. The Bertz CT molecular complexity index is 543. The van der Waals surface area contributed by atoms with Gasteiger partial charge in [-0.05, 0) is 32.9 Å². The summed E-state index contributed by atoms with van der Waals surface area (Å²) in [5.41, 5.74) is 1.13. The normalized spacial score (nSPS) is 11.3. The monoisotopic (exact) mass is 261 g/mol. The molecule has 0 saturated carbocycles. The van der Waals surface area contributed by atoms with Crippen molar-refractivity contribution < 1.29 is 4.79 Å². The maximum Gasteiger partial charge on any atom is 0.271 e. The Kier molecular flexibility index (Phi) is 3.43. The molecule has 0 radical (unpaired) electrons. The van der Waals surface area contributed by atoms with Crippen molar-refractivity contribution >= 4 is 17.2 Å². The third-order valence-electron chi connectivity index (χ3n) is 2.13. The second-order valence-corrected chi connectivity index (χ2v) is 5.84. The summed E-state index contributed by atoms with van der Waals surface area (Å²) in [6.45, 7) is 5.83. The summed E-state index contributed by atoms with van der Waals surface area (Å²) >= 11 is 1.45. The molecule has 0 aliphatic rings. The quantitative estimate of drug-likeness (QED) is 0.904. The van der Waals surface area contributed by atoms with Crippen LogP contribution in [-0.2, 0) is 0 Å². The smallest absolute Gasteiger partial charge is 0.271 e. The van der Waals surface area contributed by atoms with Crippen molar-refractivity contribution in [2.24, 2.45) is 0 Å². The van der Waals surface area contributed by atoms with Crippen molar-refractivity contribution in [3.05, 3.63) is 35.6 Å². The van der Waals surface area contributed by atoms with E-state index in [0.717, 1.165) is 10.6 Å². The second kappa shape index (κ2) is 4.86. The van der Waals surface area contributed by atoms with E-state index in [1.807, 2.05) is 32.9 Å². The highest BCUT2D eigenvalue weighted by molar-refractivity contribution is 7.13. The number of nitrogens with one attached hydrogen (secondary N) is 1. The molecule has 2 aromatic rings. The molecule has 0 aromatic carbocycles. The number of carbonyl (C=O) groups excluding carboxylic acids is 1. The minimum atomic E-state index is -0.255. The molecular formula is C13H15N3OS. The maximum atomic E-state index is 11.9. The van der Waals surface area contributed by atoms with Gasteiger partial charge in [-0.25, -0.2) is 4.98 Å². The number of carbonyl (C=O) groups is 1. The Labute approximate surface area is 110 Å².